The summed E-state index contributed by atoms with van der Waals surface area (Å²) in [6.07, 6.45) is 5.74. The smallest absolute Gasteiger partial charge is 0.125 e. The van der Waals surface area contributed by atoms with E-state index in [4.69, 9.17) is 0 Å². The first-order chi connectivity index (χ1) is 9.35. The molecular weight excluding hydrogens is 317 g/mol. The number of H-pyrrole nitrogens is 1. The number of hydrogen-bond acceptors (Lipinski definition) is 0. The van der Waals surface area contributed by atoms with Gasteiger partial charge >= 0.3 is 0 Å². The van der Waals surface area contributed by atoms with Gasteiger partial charge in [-0.05, 0) is 70.1 Å². The highest BCUT2D eigenvalue weighted by Gasteiger charge is 2.33. The van der Waals surface area contributed by atoms with E-state index in [1.165, 1.54) is 30.9 Å². The molecule has 0 aliphatic heterocycles. The first-order valence-electron chi connectivity index (χ1n) is 7.32. The highest BCUT2D eigenvalue weighted by molar-refractivity contribution is 9.10. The fourth-order valence-corrected chi connectivity index (χ4v) is 4.64. The molecule has 1 aromatic heterocycles. The summed E-state index contributed by atoms with van der Waals surface area (Å²) in [5, 5.41) is 1.03. The third-order valence-electron chi connectivity index (χ3n) is 4.56. The van der Waals surface area contributed by atoms with Crippen molar-refractivity contribution >= 4 is 26.8 Å². The molecule has 2 unspecified atom stereocenters. The van der Waals surface area contributed by atoms with Crippen LogP contribution in [0, 0.1) is 17.2 Å². The van der Waals surface area contributed by atoms with Crippen LogP contribution in [0.4, 0.5) is 4.39 Å². The van der Waals surface area contributed by atoms with Gasteiger partial charge in [0.15, 0.2) is 0 Å². The molecule has 2 atom stereocenters. The van der Waals surface area contributed by atoms with Gasteiger partial charge in [-0.25, -0.2) is 4.39 Å². The molecule has 0 spiro atoms. The molecule has 1 aliphatic rings. The Hall–Kier alpha value is -0.830. The number of halogens is 2. The maximum atomic E-state index is 13.7. The Labute approximate surface area is 128 Å². The second kappa shape index (κ2) is 4.87. The van der Waals surface area contributed by atoms with Gasteiger partial charge < -0.3 is 4.98 Å². The minimum atomic E-state index is -0.173. The van der Waals surface area contributed by atoms with Crippen LogP contribution in [0.3, 0.4) is 0 Å². The van der Waals surface area contributed by atoms with Gasteiger partial charge in [0.2, 0.25) is 0 Å². The van der Waals surface area contributed by atoms with E-state index in [1.54, 1.807) is 6.07 Å². The fourth-order valence-electron chi connectivity index (χ4n) is 4.10. The molecule has 1 saturated carbocycles. The lowest BCUT2D eigenvalue weighted by molar-refractivity contribution is 0.169. The SMILES string of the molecule is CC1CC(c2c[nH]c3c(Br)cc(F)cc23)CC(C)(C)C1. The van der Waals surface area contributed by atoms with Gasteiger partial charge in [-0.1, -0.05) is 20.8 Å². The summed E-state index contributed by atoms with van der Waals surface area (Å²) in [5.41, 5.74) is 2.66. The molecule has 0 radical (unpaired) electrons. The van der Waals surface area contributed by atoms with Gasteiger partial charge in [0.25, 0.3) is 0 Å². The third-order valence-corrected chi connectivity index (χ3v) is 5.19. The Bertz CT molecular complexity index is 644. The summed E-state index contributed by atoms with van der Waals surface area (Å²) >= 11 is 3.45. The van der Waals surface area contributed by atoms with Crippen LogP contribution in [-0.2, 0) is 0 Å². The van der Waals surface area contributed by atoms with Crippen LogP contribution in [0.2, 0.25) is 0 Å². The number of benzene rings is 1. The molecule has 0 amide bonds. The van der Waals surface area contributed by atoms with Crippen molar-refractivity contribution in [1.29, 1.82) is 0 Å². The van der Waals surface area contributed by atoms with Crippen molar-refractivity contribution in [1.82, 2.24) is 4.98 Å². The Morgan fingerprint density at radius 1 is 1.30 bits per heavy atom. The van der Waals surface area contributed by atoms with E-state index in [9.17, 15) is 4.39 Å². The van der Waals surface area contributed by atoms with Crippen molar-refractivity contribution in [3.8, 4) is 0 Å². The molecule has 1 fully saturated rings. The van der Waals surface area contributed by atoms with Crippen LogP contribution in [-0.4, -0.2) is 4.98 Å². The minimum absolute atomic E-state index is 0.173. The van der Waals surface area contributed by atoms with Gasteiger partial charge in [-0.3, -0.25) is 0 Å². The van der Waals surface area contributed by atoms with E-state index < -0.39 is 0 Å². The zero-order chi connectivity index (χ0) is 14.5. The van der Waals surface area contributed by atoms with Gasteiger partial charge in [-0.15, -0.1) is 0 Å². The number of hydrogen-bond donors (Lipinski definition) is 1. The number of aromatic nitrogens is 1. The molecular formula is C17H21BrFN. The maximum absolute atomic E-state index is 13.7. The van der Waals surface area contributed by atoms with Crippen molar-refractivity contribution in [3.05, 3.63) is 34.2 Å². The maximum Gasteiger partial charge on any atom is 0.125 e. The van der Waals surface area contributed by atoms with Crippen molar-refractivity contribution in [2.45, 2.75) is 46.0 Å². The Morgan fingerprint density at radius 2 is 2.05 bits per heavy atom. The monoisotopic (exact) mass is 337 g/mol. The predicted molar refractivity (Wildman–Crippen MR) is 85.5 cm³/mol. The Balaban J connectivity index is 2.06. The zero-order valence-electron chi connectivity index (χ0n) is 12.3. The molecule has 3 heteroatoms. The van der Waals surface area contributed by atoms with Crippen LogP contribution < -0.4 is 0 Å². The second-order valence-electron chi connectivity index (χ2n) is 7.16. The molecule has 1 N–H and O–H groups in total. The molecule has 1 heterocycles. The quantitative estimate of drug-likeness (QED) is 0.656. The average molecular weight is 338 g/mol. The van der Waals surface area contributed by atoms with Gasteiger partial charge in [-0.2, -0.15) is 0 Å². The molecule has 0 bridgehead atoms. The molecule has 0 saturated heterocycles. The van der Waals surface area contributed by atoms with Crippen LogP contribution in [0.5, 0.6) is 0 Å². The van der Waals surface area contributed by atoms with Gasteiger partial charge in [0, 0.05) is 16.1 Å². The first kappa shape index (κ1) is 14.1. The summed E-state index contributed by atoms with van der Waals surface area (Å²) < 4.78 is 14.5. The van der Waals surface area contributed by atoms with Crippen LogP contribution >= 0.6 is 15.9 Å². The lowest BCUT2D eigenvalue weighted by atomic mass is 9.66. The average Bonchev–Trinajstić information content (AvgIpc) is 2.69. The van der Waals surface area contributed by atoms with E-state index in [0.717, 1.165) is 21.3 Å². The molecule has 2 aromatic rings. The van der Waals surface area contributed by atoms with E-state index in [-0.39, 0.29) is 5.82 Å². The van der Waals surface area contributed by atoms with E-state index >= 15 is 0 Å². The van der Waals surface area contributed by atoms with E-state index in [2.05, 4.69) is 47.9 Å². The normalized spacial score (nSPS) is 26.1. The highest BCUT2D eigenvalue weighted by Crippen LogP contribution is 2.47. The summed E-state index contributed by atoms with van der Waals surface area (Å²) in [5.74, 6) is 1.08. The first-order valence-corrected chi connectivity index (χ1v) is 8.11. The van der Waals surface area contributed by atoms with Crippen molar-refractivity contribution in [3.63, 3.8) is 0 Å². The van der Waals surface area contributed by atoms with E-state index in [0.29, 0.717) is 11.3 Å². The molecule has 108 valence electrons. The number of rotatable bonds is 1. The number of aromatic amines is 1. The molecule has 1 nitrogen and oxygen atoms in total. The topological polar surface area (TPSA) is 15.8 Å². The number of nitrogens with one attached hydrogen (secondary N) is 1. The zero-order valence-corrected chi connectivity index (χ0v) is 13.8. The van der Waals surface area contributed by atoms with E-state index in [1.807, 2.05) is 0 Å². The fraction of sp³-hybridized carbons (Fsp3) is 0.529. The standard InChI is InChI=1S/C17H21BrFN/c1-10-4-11(8-17(2,3)7-10)14-9-20-16-13(14)5-12(19)6-15(16)18/h5-6,9-11,20H,4,7-8H2,1-3H3. The van der Waals surface area contributed by atoms with Crippen molar-refractivity contribution in [2.24, 2.45) is 11.3 Å². The molecule has 3 rings (SSSR count). The highest BCUT2D eigenvalue weighted by atomic mass is 79.9. The molecule has 1 aliphatic carbocycles. The predicted octanol–water partition coefficient (Wildman–Crippen LogP) is 6.00. The van der Waals surface area contributed by atoms with Crippen molar-refractivity contribution in [2.75, 3.05) is 0 Å². The van der Waals surface area contributed by atoms with Crippen LogP contribution in [0.25, 0.3) is 10.9 Å². The molecule has 1 aromatic carbocycles. The van der Waals surface area contributed by atoms with Crippen molar-refractivity contribution < 1.29 is 4.39 Å². The van der Waals surface area contributed by atoms with Gasteiger partial charge in [0.1, 0.15) is 5.82 Å². The summed E-state index contributed by atoms with van der Waals surface area (Å²) in [4.78, 5) is 3.31. The van der Waals surface area contributed by atoms with Gasteiger partial charge in [0.05, 0.1) is 5.52 Å². The largest absolute Gasteiger partial charge is 0.360 e. The minimum Gasteiger partial charge on any atom is -0.360 e. The van der Waals surface area contributed by atoms with Crippen LogP contribution in [0.1, 0.15) is 51.5 Å². The number of fused-ring (bicyclic) bond motifs is 1. The summed E-state index contributed by atoms with van der Waals surface area (Å²) in [6, 6.07) is 3.19. The Morgan fingerprint density at radius 3 is 2.75 bits per heavy atom. The lowest BCUT2D eigenvalue weighted by Crippen LogP contribution is -2.26. The second-order valence-corrected chi connectivity index (χ2v) is 8.02. The third kappa shape index (κ3) is 2.52. The summed E-state index contributed by atoms with van der Waals surface area (Å²) in [7, 11) is 0. The Kier molecular flexibility index (Phi) is 3.44. The lowest BCUT2D eigenvalue weighted by Gasteiger charge is -2.39. The van der Waals surface area contributed by atoms with Crippen LogP contribution in [0.15, 0.2) is 22.8 Å². The summed E-state index contributed by atoms with van der Waals surface area (Å²) in [6.45, 7) is 7.03. The molecule has 20 heavy (non-hydrogen) atoms.